The van der Waals surface area contributed by atoms with Crippen molar-refractivity contribution in [3.05, 3.63) is 28.5 Å². The van der Waals surface area contributed by atoms with Gasteiger partial charge in [0.1, 0.15) is 10.7 Å². The zero-order valence-corrected chi connectivity index (χ0v) is 14.5. The molecule has 2 N–H and O–H groups in total. The van der Waals surface area contributed by atoms with Crippen LogP contribution in [0.1, 0.15) is 25.7 Å². The first kappa shape index (κ1) is 16.8. The number of hydrogen-bond donors (Lipinski definition) is 1. The van der Waals surface area contributed by atoms with E-state index in [2.05, 4.69) is 15.9 Å². The SMILES string of the molecule is NC(=S)CN(C1CCCC1)S(=O)(=O)c1ccc(Br)cc1F. The van der Waals surface area contributed by atoms with Gasteiger partial charge in [0.2, 0.25) is 10.0 Å². The largest absolute Gasteiger partial charge is 0.392 e. The molecular formula is C13H16BrFN2O2S2. The Morgan fingerprint density at radius 1 is 1.43 bits per heavy atom. The van der Waals surface area contributed by atoms with Gasteiger partial charge in [-0.3, -0.25) is 0 Å². The monoisotopic (exact) mass is 394 g/mol. The number of halogens is 2. The molecule has 0 heterocycles. The second kappa shape index (κ2) is 6.68. The zero-order chi connectivity index (χ0) is 15.6. The normalized spacial score (nSPS) is 16.5. The van der Waals surface area contributed by atoms with Crippen molar-refractivity contribution in [3.63, 3.8) is 0 Å². The fourth-order valence-corrected chi connectivity index (χ4v) is 4.83. The highest BCUT2D eigenvalue weighted by Gasteiger charge is 2.35. The molecule has 4 nitrogen and oxygen atoms in total. The molecule has 0 atom stereocenters. The minimum atomic E-state index is -3.96. The summed E-state index contributed by atoms with van der Waals surface area (Å²) in [5.74, 6) is -0.782. The molecule has 1 fully saturated rings. The summed E-state index contributed by atoms with van der Waals surface area (Å²) in [5.41, 5.74) is 5.52. The van der Waals surface area contributed by atoms with Gasteiger partial charge in [0.25, 0.3) is 0 Å². The second-order valence-corrected chi connectivity index (χ2v) is 8.33. The van der Waals surface area contributed by atoms with Crippen molar-refractivity contribution in [1.82, 2.24) is 4.31 Å². The molecule has 8 heteroatoms. The summed E-state index contributed by atoms with van der Waals surface area (Å²) in [5, 5.41) is 0. The van der Waals surface area contributed by atoms with Gasteiger partial charge in [-0.1, -0.05) is 41.0 Å². The van der Waals surface area contributed by atoms with E-state index in [1.54, 1.807) is 0 Å². The summed E-state index contributed by atoms with van der Waals surface area (Å²) in [7, 11) is -3.96. The third-order valence-corrected chi connectivity index (χ3v) is 6.08. The average molecular weight is 395 g/mol. The average Bonchev–Trinajstić information content (AvgIpc) is 2.88. The molecule has 0 amide bonds. The van der Waals surface area contributed by atoms with Gasteiger partial charge in [-0.05, 0) is 31.0 Å². The first-order valence-corrected chi connectivity index (χ1v) is 9.21. The minimum absolute atomic E-state index is 0.0577. The van der Waals surface area contributed by atoms with E-state index < -0.39 is 15.8 Å². The number of nitrogens with two attached hydrogens (primary N) is 1. The summed E-state index contributed by atoms with van der Waals surface area (Å²) in [6.45, 7) is -0.0577. The molecule has 116 valence electrons. The fraction of sp³-hybridized carbons (Fsp3) is 0.462. The number of thiocarbonyl (C=S) groups is 1. The maximum atomic E-state index is 14.0. The van der Waals surface area contributed by atoms with Crippen LogP contribution in [0.25, 0.3) is 0 Å². The molecule has 0 spiro atoms. The van der Waals surface area contributed by atoms with Gasteiger partial charge in [-0.25, -0.2) is 12.8 Å². The number of nitrogens with zero attached hydrogens (tertiary/aromatic N) is 1. The Bertz CT molecular complexity index is 646. The van der Waals surface area contributed by atoms with Crippen LogP contribution in [0, 0.1) is 5.82 Å². The van der Waals surface area contributed by atoms with Gasteiger partial charge < -0.3 is 5.73 Å². The van der Waals surface area contributed by atoms with Crippen LogP contribution < -0.4 is 5.73 Å². The first-order valence-electron chi connectivity index (χ1n) is 6.57. The summed E-state index contributed by atoms with van der Waals surface area (Å²) in [6.07, 6.45) is 3.41. The van der Waals surface area contributed by atoms with Gasteiger partial charge in [-0.2, -0.15) is 4.31 Å². The van der Waals surface area contributed by atoms with E-state index in [1.165, 1.54) is 16.4 Å². The van der Waals surface area contributed by atoms with Crippen molar-refractivity contribution < 1.29 is 12.8 Å². The molecular weight excluding hydrogens is 379 g/mol. The standard InChI is InChI=1S/C13H16BrFN2O2S2/c14-9-5-6-12(11(15)7-9)21(18,19)17(8-13(16)20)10-3-1-2-4-10/h5-7,10H,1-4,8H2,(H2,16,20). The number of rotatable bonds is 5. The van der Waals surface area contributed by atoms with Crippen LogP contribution in [0.3, 0.4) is 0 Å². The minimum Gasteiger partial charge on any atom is -0.392 e. The molecule has 21 heavy (non-hydrogen) atoms. The fourth-order valence-electron chi connectivity index (χ4n) is 2.57. The Hall–Kier alpha value is -0.570. The van der Waals surface area contributed by atoms with E-state index in [0.717, 1.165) is 31.7 Å². The molecule has 2 rings (SSSR count). The lowest BCUT2D eigenvalue weighted by Gasteiger charge is -2.27. The van der Waals surface area contributed by atoms with Crippen LogP contribution in [0.5, 0.6) is 0 Å². The molecule has 0 bridgehead atoms. The number of sulfonamides is 1. The number of hydrogen-bond acceptors (Lipinski definition) is 3. The predicted molar refractivity (Wildman–Crippen MR) is 87.0 cm³/mol. The van der Waals surface area contributed by atoms with Crippen molar-refractivity contribution >= 4 is 43.2 Å². The van der Waals surface area contributed by atoms with Crippen molar-refractivity contribution in [3.8, 4) is 0 Å². The highest BCUT2D eigenvalue weighted by molar-refractivity contribution is 9.10. The van der Waals surface area contributed by atoms with E-state index in [1.807, 2.05) is 0 Å². The topological polar surface area (TPSA) is 63.4 Å². The third kappa shape index (κ3) is 3.80. The van der Waals surface area contributed by atoms with Gasteiger partial charge >= 0.3 is 0 Å². The summed E-state index contributed by atoms with van der Waals surface area (Å²) in [4.78, 5) is -0.253. The Morgan fingerprint density at radius 3 is 2.57 bits per heavy atom. The molecule has 0 aromatic heterocycles. The van der Waals surface area contributed by atoms with Crippen LogP contribution in [-0.4, -0.2) is 30.3 Å². The quantitative estimate of drug-likeness (QED) is 0.779. The summed E-state index contributed by atoms with van der Waals surface area (Å²) >= 11 is 7.97. The van der Waals surface area contributed by atoms with Crippen LogP contribution in [0.4, 0.5) is 4.39 Å². The van der Waals surface area contributed by atoms with Gasteiger partial charge in [0.05, 0.1) is 11.5 Å². The van der Waals surface area contributed by atoms with E-state index in [-0.39, 0.29) is 22.5 Å². The van der Waals surface area contributed by atoms with Crippen LogP contribution in [0.15, 0.2) is 27.6 Å². The van der Waals surface area contributed by atoms with Crippen LogP contribution in [0.2, 0.25) is 0 Å². The molecule has 0 unspecified atom stereocenters. The van der Waals surface area contributed by atoms with Gasteiger partial charge in [0.15, 0.2) is 0 Å². The summed E-state index contributed by atoms with van der Waals surface area (Å²) in [6, 6.07) is 3.74. The first-order chi connectivity index (χ1) is 9.82. The molecule has 1 aliphatic rings. The van der Waals surface area contributed by atoms with E-state index >= 15 is 0 Å². The van der Waals surface area contributed by atoms with Crippen molar-refractivity contribution in [1.29, 1.82) is 0 Å². The Labute approximate surface area is 137 Å². The van der Waals surface area contributed by atoms with E-state index in [4.69, 9.17) is 18.0 Å². The molecule has 0 saturated heterocycles. The predicted octanol–water partition coefficient (Wildman–Crippen LogP) is 2.81. The maximum absolute atomic E-state index is 14.0. The number of benzene rings is 1. The maximum Gasteiger partial charge on any atom is 0.246 e. The lowest BCUT2D eigenvalue weighted by atomic mass is 10.2. The lowest BCUT2D eigenvalue weighted by Crippen LogP contribution is -2.43. The summed E-state index contributed by atoms with van der Waals surface area (Å²) < 4.78 is 41.2. The van der Waals surface area contributed by atoms with Crippen LogP contribution in [-0.2, 0) is 10.0 Å². The van der Waals surface area contributed by atoms with Gasteiger partial charge in [-0.15, -0.1) is 0 Å². The molecule has 0 radical (unpaired) electrons. The Morgan fingerprint density at radius 2 is 2.05 bits per heavy atom. The molecule has 1 aliphatic carbocycles. The van der Waals surface area contributed by atoms with Crippen molar-refractivity contribution in [2.75, 3.05) is 6.54 Å². The van der Waals surface area contributed by atoms with Gasteiger partial charge in [0, 0.05) is 10.5 Å². The highest BCUT2D eigenvalue weighted by Crippen LogP contribution is 2.30. The lowest BCUT2D eigenvalue weighted by molar-refractivity contribution is 0.353. The highest BCUT2D eigenvalue weighted by atomic mass is 79.9. The van der Waals surface area contributed by atoms with E-state index in [9.17, 15) is 12.8 Å². The Balaban J connectivity index is 2.43. The molecule has 1 aromatic carbocycles. The van der Waals surface area contributed by atoms with Crippen molar-refractivity contribution in [2.24, 2.45) is 5.73 Å². The van der Waals surface area contributed by atoms with E-state index in [0.29, 0.717) is 4.47 Å². The smallest absolute Gasteiger partial charge is 0.246 e. The third-order valence-electron chi connectivity index (χ3n) is 3.52. The zero-order valence-electron chi connectivity index (χ0n) is 11.3. The van der Waals surface area contributed by atoms with Crippen molar-refractivity contribution in [2.45, 2.75) is 36.6 Å². The second-order valence-electron chi connectivity index (χ2n) is 5.03. The molecule has 1 aromatic rings. The molecule has 1 saturated carbocycles. The molecule has 0 aliphatic heterocycles. The Kier molecular flexibility index (Phi) is 5.34. The van der Waals surface area contributed by atoms with Crippen LogP contribution >= 0.6 is 28.1 Å².